The van der Waals surface area contributed by atoms with Crippen LogP contribution in [0.3, 0.4) is 0 Å². The van der Waals surface area contributed by atoms with E-state index in [2.05, 4.69) is 20.9 Å². The van der Waals surface area contributed by atoms with Gasteiger partial charge in [-0.25, -0.2) is 0 Å². The first-order chi connectivity index (χ1) is 10.1. The Morgan fingerprint density at radius 2 is 2.29 bits per heavy atom. The number of pyridine rings is 1. The molecule has 1 atom stereocenters. The minimum Gasteiger partial charge on any atom is -0.334 e. The van der Waals surface area contributed by atoms with Gasteiger partial charge in [0.15, 0.2) is 0 Å². The van der Waals surface area contributed by atoms with E-state index < -0.39 is 0 Å². The number of fused-ring (bicyclic) bond motifs is 1. The lowest BCUT2D eigenvalue weighted by Crippen LogP contribution is -2.40. The molecular weight excluding hydrogens is 334 g/mol. The number of para-hydroxylation sites is 1. The molecule has 0 unspecified atom stereocenters. The van der Waals surface area contributed by atoms with Gasteiger partial charge in [-0.1, -0.05) is 12.1 Å². The Morgan fingerprint density at radius 1 is 1.48 bits per heavy atom. The fraction of sp³-hybridized carbons (Fsp3) is 0.333. The topological polar surface area (TPSA) is 79.2 Å². The molecule has 1 aliphatic heterocycles. The molecule has 0 radical (unpaired) electrons. The SMILES string of the molecule is NC[C@@H]1CCCN1C(=O)c1cc(=O)[nH]c2c(Br)cccc12. The zero-order valence-corrected chi connectivity index (χ0v) is 13.0. The number of nitrogens with two attached hydrogens (primary N) is 1. The van der Waals surface area contributed by atoms with Crippen molar-refractivity contribution >= 4 is 32.7 Å². The molecule has 0 saturated carbocycles. The average Bonchev–Trinajstić information content (AvgIpc) is 2.95. The van der Waals surface area contributed by atoms with Gasteiger partial charge in [0.05, 0.1) is 11.1 Å². The summed E-state index contributed by atoms with van der Waals surface area (Å²) in [5, 5.41) is 0.747. The van der Waals surface area contributed by atoms with Crippen molar-refractivity contribution in [3.05, 3.63) is 44.7 Å². The van der Waals surface area contributed by atoms with Gasteiger partial charge < -0.3 is 15.6 Å². The molecule has 3 N–H and O–H groups in total. The highest BCUT2D eigenvalue weighted by molar-refractivity contribution is 9.10. The van der Waals surface area contributed by atoms with Crippen molar-refractivity contribution < 1.29 is 4.79 Å². The van der Waals surface area contributed by atoms with Crippen LogP contribution in [0.25, 0.3) is 10.9 Å². The van der Waals surface area contributed by atoms with Crippen LogP contribution in [0, 0.1) is 0 Å². The van der Waals surface area contributed by atoms with E-state index in [1.54, 1.807) is 4.90 Å². The maximum absolute atomic E-state index is 12.8. The van der Waals surface area contributed by atoms with Crippen molar-refractivity contribution in [3.63, 3.8) is 0 Å². The molecule has 110 valence electrons. The second-order valence-electron chi connectivity index (χ2n) is 5.24. The summed E-state index contributed by atoms with van der Waals surface area (Å²) in [7, 11) is 0. The summed E-state index contributed by atoms with van der Waals surface area (Å²) < 4.78 is 0.767. The van der Waals surface area contributed by atoms with Gasteiger partial charge in [0.25, 0.3) is 5.91 Å². The zero-order chi connectivity index (χ0) is 15.0. The van der Waals surface area contributed by atoms with Gasteiger partial charge in [-0.05, 0) is 34.8 Å². The monoisotopic (exact) mass is 349 g/mol. The van der Waals surface area contributed by atoms with Crippen LogP contribution in [-0.2, 0) is 0 Å². The summed E-state index contributed by atoms with van der Waals surface area (Å²) in [6.45, 7) is 1.15. The Labute approximate surface area is 130 Å². The van der Waals surface area contributed by atoms with Crippen molar-refractivity contribution in [2.75, 3.05) is 13.1 Å². The van der Waals surface area contributed by atoms with E-state index in [4.69, 9.17) is 5.73 Å². The number of nitrogens with zero attached hydrogens (tertiary/aromatic N) is 1. The lowest BCUT2D eigenvalue weighted by atomic mass is 10.1. The first kappa shape index (κ1) is 14.3. The van der Waals surface area contributed by atoms with E-state index in [0.29, 0.717) is 24.2 Å². The fourth-order valence-corrected chi connectivity index (χ4v) is 3.39. The normalized spacial score (nSPS) is 18.4. The van der Waals surface area contributed by atoms with E-state index in [1.807, 2.05) is 18.2 Å². The predicted molar refractivity (Wildman–Crippen MR) is 85.4 cm³/mol. The molecule has 0 spiro atoms. The van der Waals surface area contributed by atoms with Crippen LogP contribution >= 0.6 is 15.9 Å². The van der Waals surface area contributed by atoms with Gasteiger partial charge >= 0.3 is 0 Å². The number of H-pyrrole nitrogens is 1. The maximum Gasteiger partial charge on any atom is 0.255 e. The molecule has 1 amide bonds. The molecule has 1 aromatic heterocycles. The maximum atomic E-state index is 12.8. The van der Waals surface area contributed by atoms with Crippen LogP contribution in [0.2, 0.25) is 0 Å². The molecule has 5 nitrogen and oxygen atoms in total. The summed E-state index contributed by atoms with van der Waals surface area (Å²) in [6, 6.07) is 6.98. The van der Waals surface area contributed by atoms with Crippen molar-refractivity contribution in [1.82, 2.24) is 9.88 Å². The third kappa shape index (κ3) is 2.49. The third-order valence-corrected chi connectivity index (χ3v) is 4.63. The Morgan fingerprint density at radius 3 is 3.05 bits per heavy atom. The van der Waals surface area contributed by atoms with E-state index in [9.17, 15) is 9.59 Å². The fourth-order valence-electron chi connectivity index (χ4n) is 2.92. The predicted octanol–water partition coefficient (Wildman–Crippen LogP) is 1.85. The number of likely N-dealkylation sites (tertiary alicyclic amines) is 1. The summed E-state index contributed by atoms with van der Waals surface area (Å²) in [5.41, 5.74) is 6.55. The molecule has 1 saturated heterocycles. The van der Waals surface area contributed by atoms with E-state index >= 15 is 0 Å². The molecule has 3 rings (SSSR count). The van der Waals surface area contributed by atoms with E-state index in [-0.39, 0.29) is 17.5 Å². The highest BCUT2D eigenvalue weighted by Gasteiger charge is 2.29. The molecule has 0 bridgehead atoms. The summed E-state index contributed by atoms with van der Waals surface area (Å²) in [6.07, 6.45) is 1.88. The number of amides is 1. The zero-order valence-electron chi connectivity index (χ0n) is 11.4. The summed E-state index contributed by atoms with van der Waals surface area (Å²) in [5.74, 6) is -0.114. The van der Waals surface area contributed by atoms with Gasteiger partial charge in [-0.3, -0.25) is 9.59 Å². The lowest BCUT2D eigenvalue weighted by Gasteiger charge is -2.24. The van der Waals surface area contributed by atoms with Crippen molar-refractivity contribution in [3.8, 4) is 0 Å². The number of carbonyl (C=O) groups is 1. The molecule has 6 heteroatoms. The second-order valence-corrected chi connectivity index (χ2v) is 6.09. The molecule has 2 heterocycles. The number of aromatic nitrogens is 1. The van der Waals surface area contributed by atoms with Gasteiger partial charge in [-0.15, -0.1) is 0 Å². The molecule has 1 fully saturated rings. The average molecular weight is 350 g/mol. The Bertz CT molecular complexity index is 756. The van der Waals surface area contributed by atoms with E-state index in [0.717, 1.165) is 22.7 Å². The summed E-state index contributed by atoms with van der Waals surface area (Å²) >= 11 is 3.41. The number of carbonyl (C=O) groups excluding carboxylic acids is 1. The van der Waals surface area contributed by atoms with Crippen LogP contribution in [0.1, 0.15) is 23.2 Å². The number of rotatable bonds is 2. The second kappa shape index (κ2) is 5.61. The number of nitrogens with one attached hydrogen (secondary N) is 1. The van der Waals surface area contributed by atoms with Crippen LogP contribution in [-0.4, -0.2) is 34.9 Å². The molecule has 2 aromatic rings. The van der Waals surface area contributed by atoms with Crippen molar-refractivity contribution in [2.45, 2.75) is 18.9 Å². The van der Waals surface area contributed by atoms with Gasteiger partial charge in [0, 0.05) is 35.1 Å². The highest BCUT2D eigenvalue weighted by Crippen LogP contribution is 2.26. The van der Waals surface area contributed by atoms with Crippen molar-refractivity contribution in [2.24, 2.45) is 5.73 Å². The quantitative estimate of drug-likeness (QED) is 0.868. The number of hydrogen-bond acceptors (Lipinski definition) is 3. The van der Waals surface area contributed by atoms with Crippen LogP contribution < -0.4 is 11.3 Å². The first-order valence-electron chi connectivity index (χ1n) is 6.94. The minimum absolute atomic E-state index is 0.0685. The Hall–Kier alpha value is -1.66. The van der Waals surface area contributed by atoms with E-state index in [1.165, 1.54) is 6.07 Å². The third-order valence-electron chi connectivity index (χ3n) is 3.97. The van der Waals surface area contributed by atoms with Gasteiger partial charge in [0.1, 0.15) is 0 Å². The van der Waals surface area contributed by atoms with Crippen LogP contribution in [0.15, 0.2) is 33.5 Å². The number of halogens is 1. The molecular formula is C15H16BrN3O2. The highest BCUT2D eigenvalue weighted by atomic mass is 79.9. The smallest absolute Gasteiger partial charge is 0.255 e. The molecule has 1 aliphatic rings. The van der Waals surface area contributed by atoms with Gasteiger partial charge in [0.2, 0.25) is 5.56 Å². The molecule has 21 heavy (non-hydrogen) atoms. The molecule has 0 aliphatic carbocycles. The van der Waals surface area contributed by atoms with Crippen LogP contribution in [0.5, 0.6) is 0 Å². The number of aromatic amines is 1. The Balaban J connectivity index is 2.14. The molecule has 1 aromatic carbocycles. The number of benzene rings is 1. The summed E-state index contributed by atoms with van der Waals surface area (Å²) in [4.78, 5) is 29.2. The minimum atomic E-state index is -0.277. The van der Waals surface area contributed by atoms with Crippen LogP contribution in [0.4, 0.5) is 0 Å². The standard InChI is InChI=1S/C15H16BrN3O2/c16-12-5-1-4-10-11(7-13(20)18-14(10)12)15(21)19-6-2-3-9(19)8-17/h1,4-5,7,9H,2-3,6,8,17H2,(H,18,20)/t9-/m0/s1. The Kier molecular flexibility index (Phi) is 3.82. The largest absolute Gasteiger partial charge is 0.334 e. The van der Waals surface area contributed by atoms with Crippen molar-refractivity contribution in [1.29, 1.82) is 0 Å². The van der Waals surface area contributed by atoms with Gasteiger partial charge in [-0.2, -0.15) is 0 Å². The number of hydrogen-bond donors (Lipinski definition) is 2. The first-order valence-corrected chi connectivity index (χ1v) is 7.73. The lowest BCUT2D eigenvalue weighted by molar-refractivity contribution is 0.0743.